The maximum atomic E-state index is 13.8. The number of hydrogen-bond donors (Lipinski definition) is 5. The average Bonchev–Trinajstić information content (AvgIpc) is 3.41. The molecule has 5 atom stereocenters. The maximum absolute atomic E-state index is 13.8. The Balaban J connectivity index is 1.83. The molecule has 1 aromatic rings. The summed E-state index contributed by atoms with van der Waals surface area (Å²) in [5, 5.41) is 10.2. The number of benzene rings is 1. The van der Waals surface area contributed by atoms with E-state index in [1.54, 1.807) is 24.3 Å². The van der Waals surface area contributed by atoms with Gasteiger partial charge in [-0.05, 0) is 49.8 Å². The molecule has 1 heterocycles. The van der Waals surface area contributed by atoms with E-state index in [1.807, 2.05) is 0 Å². The zero-order valence-electron chi connectivity index (χ0n) is 25.7. The fourth-order valence-electron chi connectivity index (χ4n) is 5.55. The Kier molecular flexibility index (Phi) is 13.9. The molecule has 1 aromatic carbocycles. The van der Waals surface area contributed by atoms with Crippen molar-refractivity contribution in [1.29, 1.82) is 0 Å². The van der Waals surface area contributed by atoms with Crippen LogP contribution in [0.4, 0.5) is 9.59 Å². The zero-order chi connectivity index (χ0) is 33.9. The van der Waals surface area contributed by atoms with Crippen LogP contribution in [0.2, 0.25) is 5.02 Å². The lowest BCUT2D eigenvalue weighted by atomic mass is 9.84. The first-order valence-electron chi connectivity index (χ1n) is 15.0. The van der Waals surface area contributed by atoms with E-state index in [1.165, 1.54) is 6.92 Å². The summed E-state index contributed by atoms with van der Waals surface area (Å²) >= 11 is 6.00. The molecule has 2 unspecified atom stereocenters. The van der Waals surface area contributed by atoms with Crippen molar-refractivity contribution in [3.05, 3.63) is 34.9 Å². The minimum absolute atomic E-state index is 0.0657. The SMILES string of the molecule is COC(=O)C(C)NC(=O)OC([C@H](C[C@@H]1CCNC1=O)NC(=O)[C@H](CC1CCCCC1)NC(=O)OCc1cccc(Cl)c1)S(=O)(=O)O. The Bertz CT molecular complexity index is 1360. The van der Waals surface area contributed by atoms with E-state index in [4.69, 9.17) is 21.1 Å². The van der Waals surface area contributed by atoms with Gasteiger partial charge < -0.3 is 35.5 Å². The van der Waals surface area contributed by atoms with E-state index < -0.39 is 69.6 Å². The molecule has 1 saturated carbocycles. The fourth-order valence-corrected chi connectivity index (χ4v) is 6.56. The third-order valence-electron chi connectivity index (χ3n) is 7.92. The number of hydrogen-bond acceptors (Lipinski definition) is 10. The summed E-state index contributed by atoms with van der Waals surface area (Å²) in [5.74, 6) is -2.84. The molecule has 0 radical (unpaired) electrons. The monoisotopic (exact) mass is 688 g/mol. The van der Waals surface area contributed by atoms with Crippen molar-refractivity contribution in [2.24, 2.45) is 11.8 Å². The Morgan fingerprint density at radius 2 is 1.76 bits per heavy atom. The highest BCUT2D eigenvalue weighted by Crippen LogP contribution is 2.28. The highest BCUT2D eigenvalue weighted by molar-refractivity contribution is 7.86. The lowest BCUT2D eigenvalue weighted by Gasteiger charge is -2.31. The van der Waals surface area contributed by atoms with Gasteiger partial charge in [0.05, 0.1) is 13.2 Å². The van der Waals surface area contributed by atoms with E-state index in [0.717, 1.165) is 39.2 Å². The molecule has 0 bridgehead atoms. The molecule has 15 nitrogen and oxygen atoms in total. The minimum atomic E-state index is -5.21. The smallest absolute Gasteiger partial charge is 0.409 e. The number of methoxy groups -OCH3 is 1. The molecule has 17 heteroatoms. The van der Waals surface area contributed by atoms with E-state index in [2.05, 4.69) is 26.0 Å². The first kappa shape index (κ1) is 36.8. The molecule has 1 aliphatic heterocycles. The van der Waals surface area contributed by atoms with Crippen LogP contribution in [0.15, 0.2) is 24.3 Å². The van der Waals surface area contributed by atoms with Gasteiger partial charge in [0, 0.05) is 17.5 Å². The molecule has 2 fully saturated rings. The zero-order valence-corrected chi connectivity index (χ0v) is 27.2. The number of alkyl carbamates (subject to hydrolysis) is 2. The van der Waals surface area contributed by atoms with Crippen molar-refractivity contribution in [3.8, 4) is 0 Å². The van der Waals surface area contributed by atoms with Crippen LogP contribution in [0, 0.1) is 11.8 Å². The quantitative estimate of drug-likeness (QED) is 0.109. The Hall–Kier alpha value is -3.63. The van der Waals surface area contributed by atoms with Crippen LogP contribution in [-0.2, 0) is 45.3 Å². The second-order valence-electron chi connectivity index (χ2n) is 11.4. The van der Waals surface area contributed by atoms with Crippen LogP contribution >= 0.6 is 11.6 Å². The van der Waals surface area contributed by atoms with Crippen molar-refractivity contribution in [1.82, 2.24) is 21.3 Å². The number of nitrogens with one attached hydrogen (secondary N) is 4. The number of carbonyl (C=O) groups excluding carboxylic acids is 5. The Morgan fingerprint density at radius 3 is 2.37 bits per heavy atom. The van der Waals surface area contributed by atoms with Gasteiger partial charge >= 0.3 is 28.3 Å². The standard InChI is InChI=1S/C29H41ClN4O11S/c1-17(26(37)43-2)32-29(39)45-27(46(40,41)42)23(15-20-11-12-31-24(20)35)33-25(36)22(14-18-7-4-3-5-8-18)34-28(38)44-16-19-9-6-10-21(30)13-19/h6,9-10,13,17-18,20,22-23,27H,3-5,7-8,11-12,14-16H2,1-2H3,(H,31,35)(H,32,39)(H,33,36)(H,34,38)(H,40,41,42)/t17?,20-,22-,23-,27?/m0/s1. The van der Waals surface area contributed by atoms with Gasteiger partial charge in [-0.1, -0.05) is 55.8 Å². The van der Waals surface area contributed by atoms with Gasteiger partial charge in [0.15, 0.2) is 0 Å². The first-order valence-corrected chi connectivity index (χ1v) is 16.9. The van der Waals surface area contributed by atoms with Crippen LogP contribution in [0.25, 0.3) is 0 Å². The topological polar surface area (TPSA) is 216 Å². The van der Waals surface area contributed by atoms with Crippen LogP contribution < -0.4 is 21.3 Å². The third kappa shape index (κ3) is 11.6. The highest BCUT2D eigenvalue weighted by atomic mass is 35.5. The summed E-state index contributed by atoms with van der Waals surface area (Å²) in [7, 11) is -4.13. The van der Waals surface area contributed by atoms with E-state index in [9.17, 15) is 36.9 Å². The minimum Gasteiger partial charge on any atom is -0.467 e. The van der Waals surface area contributed by atoms with Crippen LogP contribution in [0.3, 0.4) is 0 Å². The predicted octanol–water partition coefficient (Wildman–Crippen LogP) is 2.42. The lowest BCUT2D eigenvalue weighted by Crippen LogP contribution is -2.56. The molecule has 3 rings (SSSR count). The summed E-state index contributed by atoms with van der Waals surface area (Å²) in [6.45, 7) is 1.41. The van der Waals surface area contributed by atoms with Gasteiger partial charge in [-0.2, -0.15) is 8.42 Å². The third-order valence-corrected chi connectivity index (χ3v) is 9.17. The highest BCUT2D eigenvalue weighted by Gasteiger charge is 2.42. The predicted molar refractivity (Wildman–Crippen MR) is 164 cm³/mol. The summed E-state index contributed by atoms with van der Waals surface area (Å²) < 4.78 is 50.0. The normalized spacial score (nSPS) is 19.5. The molecular weight excluding hydrogens is 648 g/mol. The van der Waals surface area contributed by atoms with Crippen LogP contribution in [0.1, 0.15) is 63.9 Å². The van der Waals surface area contributed by atoms with Crippen LogP contribution in [-0.4, -0.2) is 80.2 Å². The van der Waals surface area contributed by atoms with Gasteiger partial charge in [0.2, 0.25) is 17.3 Å². The Morgan fingerprint density at radius 1 is 1.04 bits per heavy atom. The van der Waals surface area contributed by atoms with Gasteiger partial charge in [-0.15, -0.1) is 0 Å². The number of rotatable bonds is 14. The summed E-state index contributed by atoms with van der Waals surface area (Å²) in [6, 6.07) is 2.59. The number of halogens is 1. The Labute approximate surface area is 272 Å². The van der Waals surface area contributed by atoms with Crippen molar-refractivity contribution in [3.63, 3.8) is 0 Å². The van der Waals surface area contributed by atoms with E-state index in [0.29, 0.717) is 17.1 Å². The maximum Gasteiger partial charge on any atom is 0.409 e. The van der Waals surface area contributed by atoms with Crippen molar-refractivity contribution >= 4 is 51.7 Å². The largest absolute Gasteiger partial charge is 0.467 e. The molecule has 1 saturated heterocycles. The molecule has 46 heavy (non-hydrogen) atoms. The van der Waals surface area contributed by atoms with Crippen LogP contribution in [0.5, 0.6) is 0 Å². The number of esters is 1. The van der Waals surface area contributed by atoms with E-state index >= 15 is 0 Å². The van der Waals surface area contributed by atoms with Crippen molar-refractivity contribution in [2.75, 3.05) is 13.7 Å². The molecule has 0 aromatic heterocycles. The van der Waals surface area contributed by atoms with Gasteiger partial charge in [-0.3, -0.25) is 14.1 Å². The average molecular weight is 689 g/mol. The molecular formula is C29H41ClN4O11S. The van der Waals surface area contributed by atoms with Crippen molar-refractivity contribution in [2.45, 2.75) is 88.5 Å². The molecule has 1 aliphatic carbocycles. The van der Waals surface area contributed by atoms with E-state index in [-0.39, 0.29) is 31.8 Å². The second-order valence-corrected chi connectivity index (χ2v) is 13.4. The summed E-state index contributed by atoms with van der Waals surface area (Å²) in [6.07, 6.45) is 2.37. The number of amides is 4. The molecule has 0 spiro atoms. The molecule has 256 valence electrons. The second kappa shape index (κ2) is 17.3. The van der Waals surface area contributed by atoms with Gasteiger partial charge in [0.25, 0.3) is 0 Å². The molecule has 2 aliphatic rings. The van der Waals surface area contributed by atoms with Gasteiger partial charge in [0.1, 0.15) is 18.7 Å². The fraction of sp³-hybridized carbons (Fsp3) is 0.621. The number of ether oxygens (including phenoxy) is 3. The lowest BCUT2D eigenvalue weighted by molar-refractivity contribution is -0.142. The molecule has 5 N–H and O–H groups in total. The number of carbonyl (C=O) groups is 5. The van der Waals surface area contributed by atoms with Crippen molar-refractivity contribution < 1.29 is 51.2 Å². The van der Waals surface area contributed by atoms with Gasteiger partial charge in [-0.25, -0.2) is 14.4 Å². The summed E-state index contributed by atoms with van der Waals surface area (Å²) in [5.41, 5.74) is -1.77. The summed E-state index contributed by atoms with van der Waals surface area (Å²) in [4.78, 5) is 63.3. The first-order chi connectivity index (χ1) is 21.8. The molecule has 4 amide bonds.